The molecule has 0 amide bonds. The van der Waals surface area contributed by atoms with Crippen molar-refractivity contribution in [3.05, 3.63) is 41.5 Å². The number of fused-ring (bicyclic) bond motifs is 7. The first-order valence-electron chi connectivity index (χ1n) is 21.8. The van der Waals surface area contributed by atoms with Gasteiger partial charge in [-0.3, -0.25) is 4.48 Å². The summed E-state index contributed by atoms with van der Waals surface area (Å²) in [5.41, 5.74) is -1.04. The summed E-state index contributed by atoms with van der Waals surface area (Å²) in [6.07, 6.45) is 7.72. The molecular formula is C45H59N2O9+. The highest BCUT2D eigenvalue weighted by atomic mass is 16.5. The maximum atomic E-state index is 14.5. The van der Waals surface area contributed by atoms with Gasteiger partial charge in [0.15, 0.2) is 12.8 Å². The number of piperidine rings is 4. The van der Waals surface area contributed by atoms with E-state index in [0.29, 0.717) is 44.9 Å². The number of carbonyl (C=O) groups is 3. The SMILES string of the molecule is CC[C@H]1[C@H]2C[C@H]3[C@@H]4N(C)c5ccccc5[C@]45C[C@@H]([C@H]2[C@H]5O)[N@+]3(CC(=O)O[C@H]2CC[C@]3(C=O)[C@H]4CC[C@]5(C)[C@@H](C6=CC(=O)OC6)CC[C@]5(O)[C@@H]4CC[C@]3(O)C2)[C@@H]1O. The molecule has 5 saturated carbocycles. The molecule has 4 saturated heterocycles. The van der Waals surface area contributed by atoms with Crippen molar-refractivity contribution in [2.75, 3.05) is 25.1 Å². The topological polar surface area (TPSA) is 154 Å². The molecule has 5 bridgehead atoms. The van der Waals surface area contributed by atoms with E-state index < -0.39 is 45.9 Å². The number of benzene rings is 1. The van der Waals surface area contributed by atoms with Gasteiger partial charge in [0.25, 0.3) is 0 Å². The Labute approximate surface area is 329 Å². The zero-order chi connectivity index (χ0) is 38.9. The molecule has 11 nitrogen and oxygen atoms in total. The van der Waals surface area contributed by atoms with Crippen LogP contribution in [0.4, 0.5) is 5.69 Å². The van der Waals surface area contributed by atoms with E-state index >= 15 is 0 Å². The van der Waals surface area contributed by atoms with Gasteiger partial charge < -0.3 is 39.6 Å². The molecule has 1 aromatic carbocycles. The number of hydrogen-bond donors (Lipinski definition) is 4. The van der Waals surface area contributed by atoms with Gasteiger partial charge in [0, 0.05) is 55.3 Å². The summed E-state index contributed by atoms with van der Waals surface area (Å²) in [5, 5.41) is 50.1. The molecule has 4 N–H and O–H groups in total. The van der Waals surface area contributed by atoms with Crippen LogP contribution >= 0.6 is 0 Å². The van der Waals surface area contributed by atoms with Crippen LogP contribution in [0.5, 0.6) is 0 Å². The number of ether oxygens (including phenoxy) is 2. The summed E-state index contributed by atoms with van der Waals surface area (Å²) in [7, 11) is 2.11. The average Bonchev–Trinajstić information content (AvgIpc) is 3.86. The van der Waals surface area contributed by atoms with Gasteiger partial charge in [-0.05, 0) is 98.7 Å². The van der Waals surface area contributed by atoms with Gasteiger partial charge in [0.1, 0.15) is 25.0 Å². The highest BCUT2D eigenvalue weighted by Crippen LogP contribution is 2.73. The third-order valence-electron chi connectivity index (χ3n) is 19.6. The molecule has 6 heterocycles. The van der Waals surface area contributed by atoms with Crippen LogP contribution in [0.15, 0.2) is 35.9 Å². The minimum absolute atomic E-state index is 0.0104. The number of para-hydroxylation sites is 1. The van der Waals surface area contributed by atoms with E-state index in [0.717, 1.165) is 43.2 Å². The number of aliphatic hydroxyl groups is 4. The number of hydrogen-bond acceptors (Lipinski definition) is 10. The summed E-state index contributed by atoms with van der Waals surface area (Å²) < 4.78 is 11.9. The molecule has 18 atom stereocenters. The van der Waals surface area contributed by atoms with E-state index in [-0.39, 0.29) is 89.6 Å². The fraction of sp³-hybridized carbons (Fsp3) is 0.756. The number of quaternary nitrogens is 1. The fourth-order valence-corrected chi connectivity index (χ4v) is 17.6. The van der Waals surface area contributed by atoms with Crippen molar-refractivity contribution in [1.82, 2.24) is 0 Å². The van der Waals surface area contributed by atoms with E-state index in [1.165, 1.54) is 5.56 Å². The maximum Gasteiger partial charge on any atom is 0.362 e. The zero-order valence-electron chi connectivity index (χ0n) is 33.0. The molecule has 0 radical (unpaired) electrons. The smallest absolute Gasteiger partial charge is 0.362 e. The van der Waals surface area contributed by atoms with Crippen LogP contribution in [0.1, 0.15) is 96.5 Å². The van der Waals surface area contributed by atoms with Crippen molar-refractivity contribution in [3.8, 4) is 0 Å². The Bertz CT molecular complexity index is 1940. The zero-order valence-corrected chi connectivity index (χ0v) is 33.0. The van der Waals surface area contributed by atoms with Gasteiger partial charge >= 0.3 is 11.9 Å². The van der Waals surface area contributed by atoms with Crippen molar-refractivity contribution in [2.45, 2.75) is 144 Å². The normalized spacial score (nSPS) is 54.1. The Morgan fingerprint density at radius 3 is 2.57 bits per heavy atom. The van der Waals surface area contributed by atoms with Crippen molar-refractivity contribution in [1.29, 1.82) is 0 Å². The number of esters is 2. The number of rotatable bonds is 6. The van der Waals surface area contributed by atoms with Gasteiger partial charge in [-0.15, -0.1) is 0 Å². The molecule has 6 aliphatic heterocycles. The van der Waals surface area contributed by atoms with Crippen molar-refractivity contribution >= 4 is 23.9 Å². The van der Waals surface area contributed by atoms with Gasteiger partial charge in [-0.25, -0.2) is 9.59 Å². The Balaban J connectivity index is 0.854. The van der Waals surface area contributed by atoms with E-state index in [4.69, 9.17) is 9.47 Å². The second-order valence-electron chi connectivity index (χ2n) is 20.6. The molecule has 0 aromatic heterocycles. The van der Waals surface area contributed by atoms with Gasteiger partial charge in [-0.2, -0.15) is 0 Å². The summed E-state index contributed by atoms with van der Waals surface area (Å²) in [4.78, 5) is 42.3. The fourth-order valence-electron chi connectivity index (χ4n) is 17.6. The van der Waals surface area contributed by atoms with E-state index in [1.54, 1.807) is 6.08 Å². The lowest BCUT2D eigenvalue weighted by molar-refractivity contribution is -1.03. The Kier molecular flexibility index (Phi) is 7.42. The molecule has 11 aliphatic rings. The minimum atomic E-state index is -1.37. The summed E-state index contributed by atoms with van der Waals surface area (Å²) in [5.74, 6) is -0.852. The second kappa shape index (κ2) is 11.5. The number of cyclic esters (lactones) is 1. The molecule has 1 aromatic rings. The predicted octanol–water partition coefficient (Wildman–Crippen LogP) is 3.53. The molecule has 56 heavy (non-hydrogen) atoms. The van der Waals surface area contributed by atoms with E-state index in [2.05, 4.69) is 44.0 Å². The molecular weight excluding hydrogens is 713 g/mol. The number of anilines is 1. The van der Waals surface area contributed by atoms with Crippen LogP contribution < -0.4 is 4.90 Å². The van der Waals surface area contributed by atoms with Crippen LogP contribution in [0, 0.1) is 46.3 Å². The summed E-state index contributed by atoms with van der Waals surface area (Å²) >= 11 is 0. The molecule has 302 valence electrons. The first-order valence-corrected chi connectivity index (χ1v) is 21.8. The molecule has 1 spiro atoms. The van der Waals surface area contributed by atoms with E-state index in [9.17, 15) is 34.8 Å². The largest absolute Gasteiger partial charge is 0.458 e. The Hall–Kier alpha value is -2.83. The van der Waals surface area contributed by atoms with Crippen molar-refractivity contribution in [3.63, 3.8) is 0 Å². The minimum Gasteiger partial charge on any atom is -0.458 e. The van der Waals surface area contributed by atoms with Gasteiger partial charge in [0.2, 0.25) is 0 Å². The van der Waals surface area contributed by atoms with E-state index in [1.807, 2.05) is 6.07 Å². The van der Waals surface area contributed by atoms with Crippen LogP contribution in [-0.4, -0.2) is 111 Å². The molecule has 12 rings (SSSR count). The lowest BCUT2D eigenvalue weighted by Crippen LogP contribution is -2.83. The van der Waals surface area contributed by atoms with Crippen molar-refractivity contribution in [2.24, 2.45) is 46.3 Å². The predicted molar refractivity (Wildman–Crippen MR) is 202 cm³/mol. The number of likely N-dealkylation sites (N-methyl/N-ethyl adjacent to an activating group) is 1. The highest BCUT2D eigenvalue weighted by Gasteiger charge is 2.83. The maximum absolute atomic E-state index is 14.5. The number of nitrogens with zero attached hydrogens (tertiary/aromatic N) is 2. The van der Waals surface area contributed by atoms with Crippen LogP contribution in [0.25, 0.3) is 0 Å². The average molecular weight is 772 g/mol. The first-order chi connectivity index (χ1) is 26.7. The first kappa shape index (κ1) is 36.3. The van der Waals surface area contributed by atoms with Gasteiger partial charge in [-0.1, -0.05) is 32.0 Å². The van der Waals surface area contributed by atoms with Crippen LogP contribution in [-0.2, 0) is 29.3 Å². The molecule has 9 fully saturated rings. The van der Waals surface area contributed by atoms with Crippen LogP contribution in [0.2, 0.25) is 0 Å². The van der Waals surface area contributed by atoms with Gasteiger partial charge in [0.05, 0.1) is 40.2 Å². The summed E-state index contributed by atoms with van der Waals surface area (Å²) in [6.45, 7) is 4.56. The number of carbonyl (C=O) groups excluding carboxylic acids is 3. The second-order valence-corrected chi connectivity index (χ2v) is 20.6. The van der Waals surface area contributed by atoms with Crippen molar-refractivity contribution < 1.29 is 48.8 Å². The lowest BCUT2D eigenvalue weighted by Gasteiger charge is -2.67. The quantitative estimate of drug-likeness (QED) is 0.192. The molecule has 11 heteroatoms. The number of aliphatic hydroxyl groups excluding tert-OH is 2. The monoisotopic (exact) mass is 771 g/mol. The molecule has 5 aliphatic carbocycles. The van der Waals surface area contributed by atoms with Crippen LogP contribution in [0.3, 0.4) is 0 Å². The molecule has 0 unspecified atom stereocenters. The summed E-state index contributed by atoms with van der Waals surface area (Å²) in [6, 6.07) is 8.28. The number of aldehydes is 1. The standard InChI is InChI=1S/C45H59N2O9/c1-4-26-27-18-33-38-44(31-7-5-6-8-32(31)46(38)3)20-34(37(27)39(44)51)47(33,40(26)52)21-36(50)56-25-9-14-42(23-48)29-10-13-41(2)28(24-17-35(49)55-22-24)12-16-45(41,54)30(29)11-15-43(42,53)19-25/h5-8,17,23,25-30,33-34,37-40,51-54H,4,9-16,18-22H2,1-3H3/q+1/t25-,26-,27+,28+,29-,30+,33-,34-,37-,38-,39+,40+,41+,42-,43-,44+,45-,47+/m0/s1. The Morgan fingerprint density at radius 1 is 1.04 bits per heavy atom. The third-order valence-corrected chi connectivity index (χ3v) is 19.6. The Morgan fingerprint density at radius 2 is 1.82 bits per heavy atom. The lowest BCUT2D eigenvalue weighted by atomic mass is 9.41. The third kappa shape index (κ3) is 3.92. The highest BCUT2D eigenvalue weighted by molar-refractivity contribution is 5.85.